The summed E-state index contributed by atoms with van der Waals surface area (Å²) in [5.41, 5.74) is 0.506. The first-order chi connectivity index (χ1) is 11.5. The normalized spacial score (nSPS) is 16.5. The third-order valence-electron chi connectivity index (χ3n) is 4.01. The minimum absolute atomic E-state index is 0.0175. The minimum Gasteiger partial charge on any atom is -0.450 e. The lowest BCUT2D eigenvalue weighted by Gasteiger charge is -2.32. The SMILES string of the molecule is CCOC(=O)N1CCC(NC(=O)C(Br)Cc2ccccc2F)CC1. The minimum atomic E-state index is -0.488. The van der Waals surface area contributed by atoms with E-state index in [9.17, 15) is 14.0 Å². The van der Waals surface area contributed by atoms with Crippen LogP contribution in [0.15, 0.2) is 24.3 Å². The predicted molar refractivity (Wildman–Crippen MR) is 92.6 cm³/mol. The number of nitrogens with one attached hydrogen (secondary N) is 1. The molecule has 1 saturated heterocycles. The second-order valence-corrected chi connectivity index (χ2v) is 6.84. The van der Waals surface area contributed by atoms with Crippen LogP contribution in [0.1, 0.15) is 25.3 Å². The molecule has 7 heteroatoms. The highest BCUT2D eigenvalue weighted by Gasteiger charge is 2.26. The zero-order valence-corrected chi connectivity index (χ0v) is 15.2. The van der Waals surface area contributed by atoms with Crippen LogP contribution in [0.25, 0.3) is 0 Å². The molecule has 1 aromatic rings. The summed E-state index contributed by atoms with van der Waals surface area (Å²) in [6, 6.07) is 6.46. The third-order valence-corrected chi connectivity index (χ3v) is 4.75. The number of amides is 2. The number of carbonyl (C=O) groups excluding carboxylic acids is 2. The lowest BCUT2D eigenvalue weighted by atomic mass is 10.0. The Morgan fingerprint density at radius 3 is 2.67 bits per heavy atom. The summed E-state index contributed by atoms with van der Waals surface area (Å²) in [6.07, 6.45) is 1.36. The van der Waals surface area contributed by atoms with E-state index in [1.54, 1.807) is 30.0 Å². The van der Waals surface area contributed by atoms with Crippen LogP contribution >= 0.6 is 15.9 Å². The van der Waals surface area contributed by atoms with E-state index in [-0.39, 0.29) is 23.9 Å². The van der Waals surface area contributed by atoms with Crippen LogP contribution < -0.4 is 5.32 Å². The first kappa shape index (κ1) is 18.7. The van der Waals surface area contributed by atoms with Gasteiger partial charge in [0.2, 0.25) is 5.91 Å². The Labute approximate surface area is 149 Å². The summed E-state index contributed by atoms with van der Waals surface area (Å²) in [6.45, 7) is 3.25. The fraction of sp³-hybridized carbons (Fsp3) is 0.529. The number of halogens is 2. The molecule has 0 spiro atoms. The Hall–Kier alpha value is -1.63. The standard InChI is InChI=1S/C17H22BrFN2O3/c1-2-24-17(23)21-9-7-13(8-10-21)20-16(22)14(18)11-12-5-3-4-6-15(12)19/h3-6,13-14H,2,7-11H2,1H3,(H,20,22). The third kappa shape index (κ3) is 5.19. The van der Waals surface area contributed by atoms with E-state index >= 15 is 0 Å². The molecule has 2 rings (SSSR count). The maximum Gasteiger partial charge on any atom is 0.409 e. The van der Waals surface area contributed by atoms with Crippen molar-refractivity contribution >= 4 is 27.9 Å². The largest absolute Gasteiger partial charge is 0.450 e. The molecule has 132 valence electrons. The van der Waals surface area contributed by atoms with E-state index in [1.165, 1.54) is 6.07 Å². The summed E-state index contributed by atoms with van der Waals surface area (Å²) in [5, 5.41) is 2.96. The molecule has 2 amide bonds. The van der Waals surface area contributed by atoms with Crippen molar-refractivity contribution in [2.24, 2.45) is 0 Å². The van der Waals surface area contributed by atoms with Gasteiger partial charge in [-0.1, -0.05) is 34.1 Å². The second-order valence-electron chi connectivity index (χ2n) is 5.73. The number of rotatable bonds is 5. The van der Waals surface area contributed by atoms with Gasteiger partial charge in [0.25, 0.3) is 0 Å². The quantitative estimate of drug-likeness (QED) is 0.773. The van der Waals surface area contributed by atoms with E-state index in [0.717, 1.165) is 0 Å². The van der Waals surface area contributed by atoms with Crippen LogP contribution in [0.4, 0.5) is 9.18 Å². The van der Waals surface area contributed by atoms with Gasteiger partial charge in [0.1, 0.15) is 5.82 Å². The first-order valence-corrected chi connectivity index (χ1v) is 9.02. The molecule has 0 saturated carbocycles. The van der Waals surface area contributed by atoms with Gasteiger partial charge in [-0.2, -0.15) is 0 Å². The molecule has 1 fully saturated rings. The summed E-state index contributed by atoms with van der Waals surface area (Å²) < 4.78 is 18.6. The summed E-state index contributed by atoms with van der Waals surface area (Å²) in [4.78, 5) is 25.1. The zero-order chi connectivity index (χ0) is 17.5. The highest BCUT2D eigenvalue weighted by molar-refractivity contribution is 9.10. The van der Waals surface area contributed by atoms with Crippen molar-refractivity contribution < 1.29 is 18.7 Å². The predicted octanol–water partition coefficient (Wildman–Crippen LogP) is 2.87. The number of carbonyl (C=O) groups is 2. The maximum atomic E-state index is 13.7. The zero-order valence-electron chi connectivity index (χ0n) is 13.6. The number of benzene rings is 1. The topological polar surface area (TPSA) is 58.6 Å². The smallest absolute Gasteiger partial charge is 0.409 e. The Morgan fingerprint density at radius 1 is 1.38 bits per heavy atom. The molecular formula is C17H22BrFN2O3. The average molecular weight is 401 g/mol. The molecule has 1 aliphatic heterocycles. The molecule has 1 aromatic carbocycles. The van der Waals surface area contributed by atoms with E-state index in [1.807, 2.05) is 0 Å². The van der Waals surface area contributed by atoms with Crippen LogP contribution in [0.3, 0.4) is 0 Å². The van der Waals surface area contributed by atoms with E-state index in [0.29, 0.717) is 44.5 Å². The summed E-state index contributed by atoms with van der Waals surface area (Å²) in [5.74, 6) is -0.467. The molecule has 24 heavy (non-hydrogen) atoms. The lowest BCUT2D eigenvalue weighted by molar-refractivity contribution is -0.121. The number of hydrogen-bond donors (Lipinski definition) is 1. The second kappa shape index (κ2) is 9.01. The van der Waals surface area contributed by atoms with Crippen molar-refractivity contribution in [3.8, 4) is 0 Å². The van der Waals surface area contributed by atoms with Crippen LogP contribution in [0, 0.1) is 5.82 Å². The average Bonchev–Trinajstić information content (AvgIpc) is 2.57. The molecule has 1 heterocycles. The van der Waals surface area contributed by atoms with Crippen molar-refractivity contribution in [1.29, 1.82) is 0 Å². The van der Waals surface area contributed by atoms with Crippen molar-refractivity contribution in [2.75, 3.05) is 19.7 Å². The number of likely N-dealkylation sites (tertiary alicyclic amines) is 1. The van der Waals surface area contributed by atoms with Crippen molar-refractivity contribution in [1.82, 2.24) is 10.2 Å². The van der Waals surface area contributed by atoms with Crippen LogP contribution in [-0.4, -0.2) is 47.5 Å². The highest BCUT2D eigenvalue weighted by Crippen LogP contribution is 2.16. The molecule has 5 nitrogen and oxygen atoms in total. The van der Waals surface area contributed by atoms with Gasteiger partial charge < -0.3 is 15.0 Å². The molecule has 0 aromatic heterocycles. The monoisotopic (exact) mass is 400 g/mol. The van der Waals surface area contributed by atoms with Gasteiger partial charge in [0, 0.05) is 19.1 Å². The fourth-order valence-electron chi connectivity index (χ4n) is 2.66. The Balaban J connectivity index is 1.79. The van der Waals surface area contributed by atoms with E-state index in [2.05, 4.69) is 21.2 Å². The Bertz CT molecular complexity index is 577. The van der Waals surface area contributed by atoms with Crippen LogP contribution in [0.2, 0.25) is 0 Å². The van der Waals surface area contributed by atoms with Gasteiger partial charge in [-0.15, -0.1) is 0 Å². The molecule has 1 unspecified atom stereocenters. The Kier molecular flexibility index (Phi) is 7.02. The van der Waals surface area contributed by atoms with Crippen molar-refractivity contribution in [2.45, 2.75) is 37.1 Å². The van der Waals surface area contributed by atoms with Gasteiger partial charge in [0.15, 0.2) is 0 Å². The summed E-state index contributed by atoms with van der Waals surface area (Å²) in [7, 11) is 0. The van der Waals surface area contributed by atoms with Gasteiger partial charge in [-0.05, 0) is 37.8 Å². The van der Waals surface area contributed by atoms with Crippen molar-refractivity contribution in [3.63, 3.8) is 0 Å². The summed E-state index contributed by atoms with van der Waals surface area (Å²) >= 11 is 3.33. The van der Waals surface area contributed by atoms with Gasteiger partial charge >= 0.3 is 6.09 Å². The molecular weight excluding hydrogens is 379 g/mol. The molecule has 0 bridgehead atoms. The first-order valence-electron chi connectivity index (χ1n) is 8.10. The molecule has 1 aliphatic rings. The number of hydrogen-bond acceptors (Lipinski definition) is 3. The van der Waals surface area contributed by atoms with Crippen LogP contribution in [0.5, 0.6) is 0 Å². The molecule has 1 atom stereocenters. The number of nitrogens with zero attached hydrogens (tertiary/aromatic N) is 1. The van der Waals surface area contributed by atoms with Crippen molar-refractivity contribution in [3.05, 3.63) is 35.6 Å². The van der Waals surface area contributed by atoms with Gasteiger partial charge in [-0.25, -0.2) is 9.18 Å². The maximum absolute atomic E-state index is 13.7. The lowest BCUT2D eigenvalue weighted by Crippen LogP contribution is -2.48. The molecule has 0 aliphatic carbocycles. The number of piperidine rings is 1. The van der Waals surface area contributed by atoms with E-state index in [4.69, 9.17) is 4.74 Å². The fourth-order valence-corrected chi connectivity index (χ4v) is 3.14. The number of ether oxygens (including phenoxy) is 1. The Morgan fingerprint density at radius 2 is 2.04 bits per heavy atom. The van der Waals surface area contributed by atoms with Gasteiger partial charge in [0.05, 0.1) is 11.4 Å². The molecule has 1 N–H and O–H groups in total. The van der Waals surface area contributed by atoms with E-state index < -0.39 is 4.83 Å². The molecule has 0 radical (unpaired) electrons. The number of alkyl halides is 1. The van der Waals surface area contributed by atoms with Crippen LogP contribution in [-0.2, 0) is 16.0 Å². The highest BCUT2D eigenvalue weighted by atomic mass is 79.9. The van der Waals surface area contributed by atoms with Gasteiger partial charge in [-0.3, -0.25) is 4.79 Å².